The second-order valence-corrected chi connectivity index (χ2v) is 3.73. The number of pyridine rings is 1. The van der Waals surface area contributed by atoms with Gasteiger partial charge in [-0.15, -0.1) is 0 Å². The molecule has 1 fully saturated rings. The fourth-order valence-electron chi connectivity index (χ4n) is 1.64. The first-order valence-electron chi connectivity index (χ1n) is 5.18. The topological polar surface area (TPSA) is 86.8 Å². The molecular formula is C10H15N5O. The van der Waals surface area contributed by atoms with Crippen LogP contribution in [0, 0.1) is 0 Å². The van der Waals surface area contributed by atoms with Crippen LogP contribution in [0.1, 0.15) is 6.42 Å². The predicted octanol–water partition coefficient (Wildman–Crippen LogP) is 0.272. The quantitative estimate of drug-likeness (QED) is 0.493. The second kappa shape index (κ2) is 4.91. The number of rotatable bonds is 2. The van der Waals surface area contributed by atoms with Gasteiger partial charge >= 0.3 is 0 Å². The van der Waals surface area contributed by atoms with Crippen LogP contribution < -0.4 is 11.1 Å². The Bertz CT molecular complexity index is 367. The summed E-state index contributed by atoms with van der Waals surface area (Å²) in [5, 5.41) is 13.4. The van der Waals surface area contributed by atoms with E-state index in [1.807, 2.05) is 12.1 Å². The zero-order valence-electron chi connectivity index (χ0n) is 8.87. The lowest BCUT2D eigenvalue weighted by Gasteiger charge is -2.08. The van der Waals surface area contributed by atoms with Gasteiger partial charge in [0.15, 0.2) is 5.96 Å². The standard InChI is InChI=1S/C10H15N5O/c11-10(13-8-1-4-12-5-2-8)14-9-3-6-15(16)7-9/h1-2,4-5,9,16H,3,6-7H2,(H3,11,12,13,14). The van der Waals surface area contributed by atoms with Crippen LogP contribution in [0.25, 0.3) is 0 Å². The zero-order valence-corrected chi connectivity index (χ0v) is 8.87. The maximum Gasteiger partial charge on any atom is 0.193 e. The molecule has 1 unspecified atom stereocenters. The lowest BCUT2D eigenvalue weighted by atomic mass is 10.3. The van der Waals surface area contributed by atoms with Crippen LogP contribution in [0.2, 0.25) is 0 Å². The Balaban J connectivity index is 1.92. The summed E-state index contributed by atoms with van der Waals surface area (Å²) < 4.78 is 0. The lowest BCUT2D eigenvalue weighted by Crippen LogP contribution is -2.26. The second-order valence-electron chi connectivity index (χ2n) is 3.73. The fraction of sp³-hybridized carbons (Fsp3) is 0.400. The van der Waals surface area contributed by atoms with Gasteiger partial charge in [0.05, 0.1) is 6.04 Å². The van der Waals surface area contributed by atoms with E-state index >= 15 is 0 Å². The van der Waals surface area contributed by atoms with Gasteiger partial charge in [-0.1, -0.05) is 0 Å². The highest BCUT2D eigenvalue weighted by Gasteiger charge is 2.20. The van der Waals surface area contributed by atoms with E-state index in [1.165, 1.54) is 5.06 Å². The third kappa shape index (κ3) is 2.91. The Labute approximate surface area is 93.8 Å². The van der Waals surface area contributed by atoms with Crippen LogP contribution in [-0.2, 0) is 0 Å². The van der Waals surface area contributed by atoms with E-state index in [1.54, 1.807) is 12.4 Å². The van der Waals surface area contributed by atoms with E-state index in [2.05, 4.69) is 15.3 Å². The Morgan fingerprint density at radius 3 is 2.94 bits per heavy atom. The molecule has 2 rings (SSSR count). The van der Waals surface area contributed by atoms with Crippen molar-refractivity contribution in [2.75, 3.05) is 18.4 Å². The van der Waals surface area contributed by atoms with Crippen molar-refractivity contribution in [2.45, 2.75) is 12.5 Å². The number of hydrogen-bond acceptors (Lipinski definition) is 4. The molecule has 6 heteroatoms. The molecule has 1 aromatic heterocycles. The number of hydroxylamine groups is 2. The molecule has 0 aromatic carbocycles. The highest BCUT2D eigenvalue weighted by Crippen LogP contribution is 2.10. The number of nitrogens with one attached hydrogen (secondary N) is 1. The van der Waals surface area contributed by atoms with Crippen molar-refractivity contribution in [1.29, 1.82) is 0 Å². The minimum Gasteiger partial charge on any atom is -0.370 e. The van der Waals surface area contributed by atoms with Gasteiger partial charge in [-0.05, 0) is 18.6 Å². The van der Waals surface area contributed by atoms with Gasteiger partial charge in [-0.3, -0.25) is 4.98 Å². The molecule has 0 amide bonds. The summed E-state index contributed by atoms with van der Waals surface area (Å²) in [6.45, 7) is 1.19. The first-order valence-corrected chi connectivity index (χ1v) is 5.18. The first-order chi connectivity index (χ1) is 7.74. The average Bonchev–Trinajstić information content (AvgIpc) is 2.65. The van der Waals surface area contributed by atoms with Gasteiger partial charge in [0, 0.05) is 31.2 Å². The van der Waals surface area contributed by atoms with Gasteiger partial charge in [0.1, 0.15) is 0 Å². The van der Waals surface area contributed by atoms with E-state index in [0.717, 1.165) is 12.1 Å². The monoisotopic (exact) mass is 221 g/mol. The largest absolute Gasteiger partial charge is 0.370 e. The molecule has 1 atom stereocenters. The van der Waals surface area contributed by atoms with Gasteiger partial charge in [0.25, 0.3) is 0 Å². The molecule has 0 bridgehead atoms. The van der Waals surface area contributed by atoms with Crippen molar-refractivity contribution in [3.63, 3.8) is 0 Å². The summed E-state index contributed by atoms with van der Waals surface area (Å²) >= 11 is 0. The molecule has 86 valence electrons. The molecule has 0 radical (unpaired) electrons. The van der Waals surface area contributed by atoms with Crippen LogP contribution in [0.15, 0.2) is 29.5 Å². The molecule has 1 saturated heterocycles. The Kier molecular flexibility index (Phi) is 3.33. The molecule has 0 saturated carbocycles. The van der Waals surface area contributed by atoms with Crippen LogP contribution in [0.5, 0.6) is 0 Å². The summed E-state index contributed by atoms with van der Waals surface area (Å²) in [5.41, 5.74) is 6.61. The highest BCUT2D eigenvalue weighted by molar-refractivity contribution is 5.92. The third-order valence-corrected chi connectivity index (χ3v) is 2.42. The van der Waals surface area contributed by atoms with Gasteiger partial charge in [-0.25, -0.2) is 4.99 Å². The first kappa shape index (κ1) is 10.8. The zero-order chi connectivity index (χ0) is 11.4. The molecule has 1 aliphatic heterocycles. The smallest absolute Gasteiger partial charge is 0.193 e. The number of nitrogens with zero attached hydrogens (tertiary/aromatic N) is 3. The number of anilines is 1. The van der Waals surface area contributed by atoms with Crippen molar-refractivity contribution < 1.29 is 5.21 Å². The van der Waals surface area contributed by atoms with Gasteiger partial charge < -0.3 is 16.3 Å². The van der Waals surface area contributed by atoms with Crippen LogP contribution >= 0.6 is 0 Å². The normalized spacial score (nSPS) is 22.3. The molecule has 1 aromatic rings. The van der Waals surface area contributed by atoms with E-state index in [0.29, 0.717) is 19.0 Å². The fourth-order valence-corrected chi connectivity index (χ4v) is 1.64. The van der Waals surface area contributed by atoms with Gasteiger partial charge in [-0.2, -0.15) is 5.06 Å². The third-order valence-electron chi connectivity index (χ3n) is 2.42. The summed E-state index contributed by atoms with van der Waals surface area (Å²) in [5.74, 6) is 0.367. The van der Waals surface area contributed by atoms with Crippen molar-refractivity contribution in [1.82, 2.24) is 10.0 Å². The number of aliphatic imine (C=N–C) groups is 1. The van der Waals surface area contributed by atoms with E-state index in [4.69, 9.17) is 5.73 Å². The van der Waals surface area contributed by atoms with Crippen LogP contribution in [0.4, 0.5) is 5.69 Å². The molecule has 1 aliphatic rings. The average molecular weight is 221 g/mol. The van der Waals surface area contributed by atoms with E-state index < -0.39 is 0 Å². The number of aromatic nitrogens is 1. The summed E-state index contributed by atoms with van der Waals surface area (Å²) in [6.07, 6.45) is 4.19. The number of guanidine groups is 1. The maximum absolute atomic E-state index is 9.20. The maximum atomic E-state index is 9.20. The number of nitrogens with two attached hydrogens (primary N) is 1. The molecule has 16 heavy (non-hydrogen) atoms. The van der Waals surface area contributed by atoms with Crippen LogP contribution in [0.3, 0.4) is 0 Å². The molecule has 0 spiro atoms. The summed E-state index contributed by atoms with van der Waals surface area (Å²) in [6, 6.07) is 3.70. The molecule has 6 nitrogen and oxygen atoms in total. The Morgan fingerprint density at radius 1 is 1.56 bits per heavy atom. The van der Waals surface area contributed by atoms with Crippen LogP contribution in [-0.4, -0.2) is 40.3 Å². The predicted molar refractivity (Wildman–Crippen MR) is 61.2 cm³/mol. The van der Waals surface area contributed by atoms with E-state index in [9.17, 15) is 5.21 Å². The minimum atomic E-state index is 0.0688. The lowest BCUT2D eigenvalue weighted by molar-refractivity contribution is -0.0688. The van der Waals surface area contributed by atoms with Crippen molar-refractivity contribution in [2.24, 2.45) is 10.7 Å². The Morgan fingerprint density at radius 2 is 2.31 bits per heavy atom. The van der Waals surface area contributed by atoms with Crippen molar-refractivity contribution >= 4 is 11.6 Å². The SMILES string of the molecule is NC(=NC1CCN(O)C1)Nc1ccncc1. The minimum absolute atomic E-state index is 0.0688. The Hall–Kier alpha value is -1.66. The molecule has 0 aliphatic carbocycles. The number of hydrogen-bond donors (Lipinski definition) is 3. The summed E-state index contributed by atoms with van der Waals surface area (Å²) in [4.78, 5) is 8.19. The molecule has 4 N–H and O–H groups in total. The van der Waals surface area contributed by atoms with Crippen molar-refractivity contribution in [3.8, 4) is 0 Å². The van der Waals surface area contributed by atoms with Crippen molar-refractivity contribution in [3.05, 3.63) is 24.5 Å². The molecule has 2 heterocycles. The van der Waals surface area contributed by atoms with E-state index in [-0.39, 0.29) is 6.04 Å². The molecular weight excluding hydrogens is 206 g/mol. The highest BCUT2D eigenvalue weighted by atomic mass is 16.5. The summed E-state index contributed by atoms with van der Waals surface area (Å²) in [7, 11) is 0. The van der Waals surface area contributed by atoms with Gasteiger partial charge in [0.2, 0.25) is 0 Å².